The van der Waals surface area contributed by atoms with Gasteiger partial charge in [0, 0.05) is 18.0 Å². The van der Waals surface area contributed by atoms with Gasteiger partial charge in [0.05, 0.1) is 5.54 Å². The second-order valence-electron chi connectivity index (χ2n) is 5.61. The van der Waals surface area contributed by atoms with Gasteiger partial charge in [-0.05, 0) is 43.5 Å². The molecular formula is C16H17F2N3O. The van der Waals surface area contributed by atoms with E-state index in [4.69, 9.17) is 0 Å². The lowest BCUT2D eigenvalue weighted by molar-refractivity contribution is -0.125. The summed E-state index contributed by atoms with van der Waals surface area (Å²) in [5.41, 5.74) is -0.569. The van der Waals surface area contributed by atoms with E-state index in [0.29, 0.717) is 19.3 Å². The predicted molar refractivity (Wildman–Crippen MR) is 77.0 cm³/mol. The van der Waals surface area contributed by atoms with Crippen LogP contribution in [0.1, 0.15) is 37.8 Å². The van der Waals surface area contributed by atoms with Crippen molar-refractivity contribution in [2.75, 3.05) is 0 Å². The van der Waals surface area contributed by atoms with Crippen LogP contribution in [0, 0.1) is 11.6 Å². The highest BCUT2D eigenvalue weighted by molar-refractivity contribution is 5.81. The van der Waals surface area contributed by atoms with E-state index >= 15 is 0 Å². The number of nitrogens with one attached hydrogen (secondary N) is 1. The third-order valence-electron chi connectivity index (χ3n) is 4.09. The van der Waals surface area contributed by atoms with E-state index in [1.165, 1.54) is 0 Å². The molecule has 1 aliphatic rings. The topological polar surface area (TPSA) is 46.9 Å². The molecule has 1 aromatic heterocycles. The van der Waals surface area contributed by atoms with Crippen LogP contribution in [-0.4, -0.2) is 15.7 Å². The largest absolute Gasteiger partial charge is 0.345 e. The third kappa shape index (κ3) is 2.61. The van der Waals surface area contributed by atoms with Gasteiger partial charge in [0.25, 0.3) is 0 Å². The average Bonchev–Trinajstić information content (AvgIpc) is 3.06. The van der Waals surface area contributed by atoms with Crippen molar-refractivity contribution in [3.8, 4) is 0 Å². The average molecular weight is 305 g/mol. The van der Waals surface area contributed by atoms with Gasteiger partial charge in [-0.2, -0.15) is 5.10 Å². The molecule has 0 spiro atoms. The Kier molecular flexibility index (Phi) is 3.68. The molecule has 2 aromatic rings. The highest BCUT2D eigenvalue weighted by Crippen LogP contribution is 2.47. The number of carbonyl (C=O) groups excluding carboxylic acids is 1. The lowest BCUT2D eigenvalue weighted by Crippen LogP contribution is -2.40. The molecule has 0 aliphatic heterocycles. The zero-order valence-corrected chi connectivity index (χ0v) is 12.2. The van der Waals surface area contributed by atoms with Crippen LogP contribution >= 0.6 is 0 Å². The van der Waals surface area contributed by atoms with Crippen molar-refractivity contribution in [2.24, 2.45) is 0 Å². The fraction of sp³-hybridized carbons (Fsp3) is 0.375. The van der Waals surface area contributed by atoms with Gasteiger partial charge in [-0.15, -0.1) is 0 Å². The molecule has 0 bridgehead atoms. The van der Waals surface area contributed by atoms with Gasteiger partial charge in [-0.3, -0.25) is 9.48 Å². The molecule has 1 unspecified atom stereocenters. The van der Waals surface area contributed by atoms with Crippen molar-refractivity contribution in [2.45, 2.75) is 37.8 Å². The summed E-state index contributed by atoms with van der Waals surface area (Å²) in [5.74, 6) is -1.23. The van der Waals surface area contributed by atoms with E-state index in [1.54, 1.807) is 23.1 Å². The van der Waals surface area contributed by atoms with Crippen molar-refractivity contribution >= 4 is 5.91 Å². The first-order valence-corrected chi connectivity index (χ1v) is 7.32. The van der Waals surface area contributed by atoms with Crippen LogP contribution in [0.5, 0.6) is 0 Å². The molecule has 1 heterocycles. The Labute approximate surface area is 127 Å². The van der Waals surface area contributed by atoms with Crippen LogP contribution in [-0.2, 0) is 10.3 Å². The number of halogens is 2. The van der Waals surface area contributed by atoms with E-state index in [9.17, 15) is 13.6 Å². The summed E-state index contributed by atoms with van der Waals surface area (Å²) in [5, 5.41) is 6.97. The number of aromatic nitrogens is 2. The van der Waals surface area contributed by atoms with Crippen LogP contribution in [0.25, 0.3) is 0 Å². The molecule has 0 saturated heterocycles. The molecule has 1 aliphatic carbocycles. The number of carbonyl (C=O) groups is 1. The monoisotopic (exact) mass is 305 g/mol. The highest BCUT2D eigenvalue weighted by atomic mass is 19.1. The van der Waals surface area contributed by atoms with Crippen LogP contribution < -0.4 is 5.32 Å². The van der Waals surface area contributed by atoms with Gasteiger partial charge in [-0.1, -0.05) is 6.92 Å². The Morgan fingerprint density at radius 3 is 2.82 bits per heavy atom. The van der Waals surface area contributed by atoms with Gasteiger partial charge in [-0.25, -0.2) is 8.78 Å². The van der Waals surface area contributed by atoms with Gasteiger partial charge in [0.1, 0.15) is 17.7 Å². The van der Waals surface area contributed by atoms with Crippen LogP contribution in [0.15, 0.2) is 36.7 Å². The first-order chi connectivity index (χ1) is 10.6. The summed E-state index contributed by atoms with van der Waals surface area (Å²) < 4.78 is 29.0. The van der Waals surface area contributed by atoms with E-state index < -0.39 is 23.2 Å². The standard InChI is InChI=1S/C16H17F2N3O/c1-2-14(21-9-3-8-19-21)15(22)20-16(6-7-16)12-10-11(17)4-5-13(12)18/h3-5,8-10,14H,2,6-7H2,1H3,(H,20,22). The van der Waals surface area contributed by atoms with E-state index in [-0.39, 0.29) is 11.5 Å². The van der Waals surface area contributed by atoms with E-state index in [2.05, 4.69) is 10.4 Å². The molecule has 1 N–H and O–H groups in total. The van der Waals surface area contributed by atoms with Crippen molar-refractivity contribution in [3.63, 3.8) is 0 Å². The normalized spacial score (nSPS) is 17.0. The van der Waals surface area contributed by atoms with E-state index in [1.807, 2.05) is 6.92 Å². The Morgan fingerprint density at radius 1 is 1.45 bits per heavy atom. The summed E-state index contributed by atoms with van der Waals surface area (Å²) in [6, 6.07) is 4.63. The first-order valence-electron chi connectivity index (χ1n) is 7.32. The molecule has 1 fully saturated rings. The minimum Gasteiger partial charge on any atom is -0.345 e. The second kappa shape index (κ2) is 5.51. The molecule has 1 atom stereocenters. The molecule has 6 heteroatoms. The number of hydrogen-bond acceptors (Lipinski definition) is 2. The number of nitrogens with zero attached hydrogens (tertiary/aromatic N) is 2. The van der Waals surface area contributed by atoms with Crippen LogP contribution in [0.3, 0.4) is 0 Å². The molecule has 22 heavy (non-hydrogen) atoms. The number of rotatable bonds is 5. The molecule has 4 nitrogen and oxygen atoms in total. The van der Waals surface area contributed by atoms with Gasteiger partial charge < -0.3 is 5.32 Å². The maximum Gasteiger partial charge on any atom is 0.245 e. The molecular weight excluding hydrogens is 288 g/mol. The summed E-state index contributed by atoms with van der Waals surface area (Å²) in [6.07, 6.45) is 5.10. The van der Waals surface area contributed by atoms with Gasteiger partial charge >= 0.3 is 0 Å². The van der Waals surface area contributed by atoms with Crippen molar-refractivity contribution in [3.05, 3.63) is 53.9 Å². The fourth-order valence-corrected chi connectivity index (χ4v) is 2.73. The lowest BCUT2D eigenvalue weighted by Gasteiger charge is -2.22. The Balaban J connectivity index is 1.82. The summed E-state index contributed by atoms with van der Waals surface area (Å²) in [6.45, 7) is 1.88. The van der Waals surface area contributed by atoms with Crippen LogP contribution in [0.2, 0.25) is 0 Å². The Bertz CT molecular complexity index is 681. The molecule has 116 valence electrons. The van der Waals surface area contributed by atoms with Crippen LogP contribution in [0.4, 0.5) is 8.78 Å². The summed E-state index contributed by atoms with van der Waals surface area (Å²) in [7, 11) is 0. The fourth-order valence-electron chi connectivity index (χ4n) is 2.73. The SMILES string of the molecule is CCC(C(=O)NC1(c2cc(F)ccc2F)CC1)n1cccn1. The minimum atomic E-state index is -0.788. The second-order valence-corrected chi connectivity index (χ2v) is 5.61. The molecule has 0 radical (unpaired) electrons. The molecule has 1 amide bonds. The minimum absolute atomic E-state index is 0.219. The van der Waals surface area contributed by atoms with Crippen molar-refractivity contribution in [1.29, 1.82) is 0 Å². The summed E-state index contributed by atoms with van der Waals surface area (Å²) in [4.78, 5) is 12.5. The zero-order valence-electron chi connectivity index (χ0n) is 12.2. The number of hydrogen-bond donors (Lipinski definition) is 1. The van der Waals surface area contributed by atoms with Crippen molar-refractivity contribution in [1.82, 2.24) is 15.1 Å². The maximum atomic E-state index is 14.0. The van der Waals surface area contributed by atoms with E-state index in [0.717, 1.165) is 18.2 Å². The number of amides is 1. The molecule has 1 aromatic carbocycles. The first kappa shape index (κ1) is 14.7. The Hall–Kier alpha value is -2.24. The highest BCUT2D eigenvalue weighted by Gasteiger charge is 2.48. The lowest BCUT2D eigenvalue weighted by atomic mass is 10.0. The van der Waals surface area contributed by atoms with Crippen molar-refractivity contribution < 1.29 is 13.6 Å². The smallest absolute Gasteiger partial charge is 0.245 e. The molecule has 1 saturated carbocycles. The van der Waals surface area contributed by atoms with Gasteiger partial charge in [0.2, 0.25) is 5.91 Å². The predicted octanol–water partition coefficient (Wildman–Crippen LogP) is 2.92. The molecule has 3 rings (SSSR count). The number of benzene rings is 1. The zero-order chi connectivity index (χ0) is 15.7. The quantitative estimate of drug-likeness (QED) is 0.923. The Morgan fingerprint density at radius 2 is 2.23 bits per heavy atom. The van der Waals surface area contributed by atoms with Gasteiger partial charge in [0.15, 0.2) is 0 Å². The maximum absolute atomic E-state index is 14.0. The summed E-state index contributed by atoms with van der Waals surface area (Å²) >= 11 is 0. The third-order valence-corrected chi connectivity index (χ3v) is 4.09.